The fourth-order valence-corrected chi connectivity index (χ4v) is 2.31. The maximum absolute atomic E-state index is 12.4. The fraction of sp³-hybridized carbons (Fsp3) is 0.231. The minimum Gasteiger partial charge on any atom is -0.293 e. The van der Waals surface area contributed by atoms with Crippen LogP contribution < -0.4 is 0 Å². The van der Waals surface area contributed by atoms with Gasteiger partial charge in [-0.05, 0) is 12.0 Å². The van der Waals surface area contributed by atoms with Gasteiger partial charge in [0.25, 0.3) is 0 Å². The molecule has 2 aromatic rings. The van der Waals surface area contributed by atoms with Crippen LogP contribution in [0, 0.1) is 0 Å². The topological polar surface area (TPSA) is 30.0 Å². The molecule has 0 saturated carbocycles. The van der Waals surface area contributed by atoms with Crippen LogP contribution in [0.15, 0.2) is 36.5 Å². The molecule has 100 valence electrons. The third-order valence-electron chi connectivity index (χ3n) is 2.51. The number of nitrogens with zero attached hydrogens (tertiary/aromatic N) is 1. The molecule has 0 amide bonds. The zero-order valence-corrected chi connectivity index (χ0v) is 10.6. The first-order chi connectivity index (χ1) is 8.97. The SMILES string of the molecule is O=C(CCc1ccccc1)c1cnc(C(F)(F)F)s1. The molecule has 0 N–H and O–H groups in total. The van der Waals surface area contributed by atoms with E-state index in [1.54, 1.807) is 0 Å². The van der Waals surface area contributed by atoms with Gasteiger partial charge in [-0.3, -0.25) is 4.79 Å². The highest BCUT2D eigenvalue weighted by Gasteiger charge is 2.35. The van der Waals surface area contributed by atoms with E-state index < -0.39 is 11.2 Å². The van der Waals surface area contributed by atoms with E-state index in [1.165, 1.54) is 0 Å². The van der Waals surface area contributed by atoms with E-state index >= 15 is 0 Å². The van der Waals surface area contributed by atoms with Gasteiger partial charge in [0.05, 0.1) is 4.88 Å². The van der Waals surface area contributed by atoms with E-state index in [9.17, 15) is 18.0 Å². The smallest absolute Gasteiger partial charge is 0.293 e. The number of benzene rings is 1. The second-order valence-electron chi connectivity index (χ2n) is 3.94. The summed E-state index contributed by atoms with van der Waals surface area (Å²) in [5, 5.41) is -0.976. The first-order valence-electron chi connectivity index (χ1n) is 5.57. The lowest BCUT2D eigenvalue weighted by molar-refractivity contribution is -0.137. The zero-order valence-electron chi connectivity index (χ0n) is 9.78. The van der Waals surface area contributed by atoms with Gasteiger partial charge in [-0.2, -0.15) is 13.2 Å². The maximum Gasteiger partial charge on any atom is 0.443 e. The van der Waals surface area contributed by atoms with E-state index in [1.807, 2.05) is 30.3 Å². The van der Waals surface area contributed by atoms with Crippen LogP contribution in [0.2, 0.25) is 0 Å². The second kappa shape index (κ2) is 5.52. The summed E-state index contributed by atoms with van der Waals surface area (Å²) < 4.78 is 37.1. The molecule has 0 aliphatic rings. The van der Waals surface area contributed by atoms with Crippen LogP contribution in [0.3, 0.4) is 0 Å². The monoisotopic (exact) mass is 285 g/mol. The number of halogens is 3. The van der Waals surface area contributed by atoms with Gasteiger partial charge in [-0.25, -0.2) is 4.98 Å². The number of hydrogen-bond acceptors (Lipinski definition) is 3. The molecule has 6 heteroatoms. The highest BCUT2D eigenvalue weighted by atomic mass is 32.1. The Morgan fingerprint density at radius 1 is 1.21 bits per heavy atom. The third kappa shape index (κ3) is 3.64. The van der Waals surface area contributed by atoms with Crippen molar-refractivity contribution in [2.24, 2.45) is 0 Å². The van der Waals surface area contributed by atoms with Crippen LogP contribution in [-0.2, 0) is 12.6 Å². The van der Waals surface area contributed by atoms with Gasteiger partial charge >= 0.3 is 6.18 Å². The summed E-state index contributed by atoms with van der Waals surface area (Å²) in [6.45, 7) is 0. The van der Waals surface area contributed by atoms with Crippen molar-refractivity contribution in [2.45, 2.75) is 19.0 Å². The predicted molar refractivity (Wildman–Crippen MR) is 66.2 cm³/mol. The molecular formula is C13H10F3NOS. The number of Topliss-reactive ketones (excluding diaryl/α,β-unsaturated/α-hetero) is 1. The van der Waals surface area contributed by atoms with Gasteiger partial charge in [-0.1, -0.05) is 30.3 Å². The van der Waals surface area contributed by atoms with Crippen molar-refractivity contribution in [3.05, 3.63) is 52.0 Å². The maximum atomic E-state index is 12.4. The molecule has 0 aliphatic heterocycles. The first-order valence-corrected chi connectivity index (χ1v) is 6.38. The molecule has 0 unspecified atom stereocenters. The molecule has 1 aromatic heterocycles. The highest BCUT2D eigenvalue weighted by molar-refractivity contribution is 7.13. The number of hydrogen-bond donors (Lipinski definition) is 0. The Hall–Kier alpha value is -1.69. The van der Waals surface area contributed by atoms with Gasteiger partial charge in [0.1, 0.15) is 0 Å². The summed E-state index contributed by atoms with van der Waals surface area (Å²) >= 11 is 0.397. The lowest BCUT2D eigenvalue weighted by Crippen LogP contribution is -2.03. The molecule has 0 spiro atoms. The van der Waals surface area contributed by atoms with Crippen molar-refractivity contribution >= 4 is 17.1 Å². The summed E-state index contributed by atoms with van der Waals surface area (Å²) in [4.78, 5) is 15.1. The normalized spacial score (nSPS) is 11.5. The molecule has 0 atom stereocenters. The van der Waals surface area contributed by atoms with Crippen molar-refractivity contribution in [3.63, 3.8) is 0 Å². The van der Waals surface area contributed by atoms with E-state index in [4.69, 9.17) is 0 Å². The summed E-state index contributed by atoms with van der Waals surface area (Å²) in [7, 11) is 0. The number of carbonyl (C=O) groups excluding carboxylic acids is 1. The van der Waals surface area contributed by atoms with Crippen molar-refractivity contribution < 1.29 is 18.0 Å². The number of aryl methyl sites for hydroxylation is 1. The van der Waals surface area contributed by atoms with Gasteiger partial charge < -0.3 is 0 Å². The van der Waals surface area contributed by atoms with E-state index in [0.717, 1.165) is 11.8 Å². The Labute approximate surface area is 111 Å². The van der Waals surface area contributed by atoms with Crippen molar-refractivity contribution in [3.8, 4) is 0 Å². The Morgan fingerprint density at radius 3 is 2.47 bits per heavy atom. The third-order valence-corrected chi connectivity index (χ3v) is 3.59. The minimum atomic E-state index is -4.48. The molecular weight excluding hydrogens is 275 g/mol. The largest absolute Gasteiger partial charge is 0.443 e. The quantitative estimate of drug-likeness (QED) is 0.795. The Balaban J connectivity index is 1.99. The van der Waals surface area contributed by atoms with E-state index in [2.05, 4.69) is 4.98 Å². The molecule has 0 radical (unpaired) electrons. The number of aromatic nitrogens is 1. The average molecular weight is 285 g/mol. The zero-order chi connectivity index (χ0) is 13.9. The van der Waals surface area contributed by atoms with Crippen LogP contribution in [0.4, 0.5) is 13.2 Å². The van der Waals surface area contributed by atoms with Crippen molar-refractivity contribution in [1.82, 2.24) is 4.98 Å². The molecule has 2 rings (SSSR count). The Morgan fingerprint density at radius 2 is 1.89 bits per heavy atom. The highest BCUT2D eigenvalue weighted by Crippen LogP contribution is 2.32. The second-order valence-corrected chi connectivity index (χ2v) is 4.97. The molecule has 2 nitrogen and oxygen atoms in total. The molecule has 0 saturated heterocycles. The van der Waals surface area contributed by atoms with E-state index in [-0.39, 0.29) is 17.1 Å². The molecule has 1 aromatic carbocycles. The van der Waals surface area contributed by atoms with E-state index in [0.29, 0.717) is 17.8 Å². The summed E-state index contributed by atoms with van der Waals surface area (Å²) in [5.74, 6) is -0.308. The Kier molecular flexibility index (Phi) is 3.99. The lowest BCUT2D eigenvalue weighted by Gasteiger charge is -2.00. The standard InChI is InChI=1S/C13H10F3NOS/c14-13(15,16)12-17-8-11(19-12)10(18)7-6-9-4-2-1-3-5-9/h1-5,8H,6-7H2. The first kappa shape index (κ1) is 13.7. The lowest BCUT2D eigenvalue weighted by atomic mass is 10.1. The number of thiazole rings is 1. The van der Waals surface area contributed by atoms with Gasteiger partial charge in [0.2, 0.25) is 0 Å². The number of rotatable bonds is 4. The van der Waals surface area contributed by atoms with Crippen molar-refractivity contribution in [1.29, 1.82) is 0 Å². The van der Waals surface area contributed by atoms with Crippen LogP contribution in [0.5, 0.6) is 0 Å². The molecule has 0 fully saturated rings. The average Bonchev–Trinajstić information content (AvgIpc) is 2.87. The molecule has 19 heavy (non-hydrogen) atoms. The predicted octanol–water partition coefficient (Wildman–Crippen LogP) is 3.98. The molecule has 0 aliphatic carbocycles. The summed E-state index contributed by atoms with van der Waals surface area (Å²) in [6.07, 6.45) is -2.79. The Bertz CT molecular complexity index is 563. The van der Waals surface area contributed by atoms with Gasteiger partial charge in [0.15, 0.2) is 10.8 Å². The van der Waals surface area contributed by atoms with Crippen molar-refractivity contribution in [2.75, 3.05) is 0 Å². The van der Waals surface area contributed by atoms with Crippen LogP contribution in [0.25, 0.3) is 0 Å². The molecule has 0 bridgehead atoms. The summed E-state index contributed by atoms with van der Waals surface area (Å²) in [6, 6.07) is 9.33. The molecule has 1 heterocycles. The van der Waals surface area contributed by atoms with Crippen LogP contribution >= 0.6 is 11.3 Å². The number of alkyl halides is 3. The van der Waals surface area contributed by atoms with Gasteiger partial charge in [-0.15, -0.1) is 11.3 Å². The summed E-state index contributed by atoms with van der Waals surface area (Å²) in [5.41, 5.74) is 0.983. The van der Waals surface area contributed by atoms with Crippen LogP contribution in [0.1, 0.15) is 26.7 Å². The number of ketones is 1. The number of carbonyl (C=O) groups is 1. The van der Waals surface area contributed by atoms with Crippen LogP contribution in [-0.4, -0.2) is 10.8 Å². The van der Waals surface area contributed by atoms with Gasteiger partial charge in [0, 0.05) is 12.6 Å². The fourth-order valence-electron chi connectivity index (χ4n) is 1.56. The minimum absolute atomic E-state index is 0.0586.